The van der Waals surface area contributed by atoms with Crippen molar-refractivity contribution in [1.82, 2.24) is 0 Å². The van der Waals surface area contributed by atoms with Gasteiger partial charge in [-0.05, 0) is 31.7 Å². The largest absolute Gasteiger partial charge is 0.496 e. The molecule has 2 fully saturated rings. The van der Waals surface area contributed by atoms with E-state index in [0.717, 1.165) is 25.0 Å². The van der Waals surface area contributed by atoms with Crippen LogP contribution in [0.3, 0.4) is 0 Å². The summed E-state index contributed by atoms with van der Waals surface area (Å²) in [5.41, 5.74) is -1.04. The molecule has 2 atom stereocenters. The van der Waals surface area contributed by atoms with Crippen LogP contribution in [0.1, 0.15) is 31.2 Å². The molecule has 0 spiro atoms. The number of methoxy groups -OCH3 is 1. The zero-order valence-corrected chi connectivity index (χ0v) is 11.9. The maximum Gasteiger partial charge on any atom is 0.162 e. The normalized spacial score (nSPS) is 36.1. The molecule has 1 aromatic rings. The zero-order valence-electron chi connectivity index (χ0n) is 11.1. The van der Waals surface area contributed by atoms with Crippen molar-refractivity contribution in [1.29, 1.82) is 0 Å². The summed E-state index contributed by atoms with van der Waals surface area (Å²) >= 11 is 0. The molecule has 110 valence electrons. The molecular weight excluding hydrogens is 286 g/mol. The van der Waals surface area contributed by atoms with E-state index in [4.69, 9.17) is 4.74 Å². The number of ether oxygens (including phenoxy) is 1. The third kappa shape index (κ3) is 2.05. The zero-order chi connectivity index (χ0) is 14.5. The minimum atomic E-state index is -1.29. The molecule has 0 aliphatic carbocycles. The van der Waals surface area contributed by atoms with E-state index in [0.29, 0.717) is 12.8 Å². The molecule has 3 rings (SSSR count). The van der Waals surface area contributed by atoms with Gasteiger partial charge >= 0.3 is 0 Å². The average Bonchev–Trinajstić information content (AvgIpc) is 2.64. The van der Waals surface area contributed by atoms with Crippen LogP contribution in [0.5, 0.6) is 5.75 Å². The van der Waals surface area contributed by atoms with Gasteiger partial charge in [-0.2, -0.15) is 0 Å². The van der Waals surface area contributed by atoms with E-state index < -0.39 is 28.0 Å². The van der Waals surface area contributed by atoms with E-state index in [-0.39, 0.29) is 21.8 Å². The molecule has 2 aliphatic rings. The molecule has 2 unspecified atom stereocenters. The molecule has 1 N–H and O–H groups in total. The van der Waals surface area contributed by atoms with Gasteiger partial charge in [0.25, 0.3) is 0 Å². The van der Waals surface area contributed by atoms with E-state index in [1.165, 1.54) is 7.11 Å². The first-order valence-corrected chi connectivity index (χ1v) is 7.87. The Morgan fingerprint density at radius 2 is 1.80 bits per heavy atom. The molecule has 0 aromatic heterocycles. The smallest absolute Gasteiger partial charge is 0.162 e. The van der Waals surface area contributed by atoms with Crippen LogP contribution in [-0.4, -0.2) is 26.9 Å². The minimum absolute atomic E-state index is 0.0726. The van der Waals surface area contributed by atoms with Crippen molar-refractivity contribution in [3.8, 4) is 5.75 Å². The summed E-state index contributed by atoms with van der Waals surface area (Å²) in [4.78, 5) is 0. The summed E-state index contributed by atoms with van der Waals surface area (Å²) in [5.74, 6) is -1.87. The second-order valence-corrected chi connectivity index (χ2v) is 7.55. The van der Waals surface area contributed by atoms with Crippen LogP contribution in [0.25, 0.3) is 0 Å². The van der Waals surface area contributed by atoms with E-state index >= 15 is 0 Å². The Morgan fingerprint density at radius 3 is 2.35 bits per heavy atom. The summed E-state index contributed by atoms with van der Waals surface area (Å²) in [5, 5.41) is 10.7. The minimum Gasteiger partial charge on any atom is -0.496 e. The number of fused-ring (bicyclic) bond motifs is 2. The highest BCUT2D eigenvalue weighted by molar-refractivity contribution is 7.86. The van der Waals surface area contributed by atoms with Crippen molar-refractivity contribution in [3.63, 3.8) is 0 Å². The fourth-order valence-electron chi connectivity index (χ4n) is 3.36. The molecule has 3 nitrogen and oxygen atoms in total. The predicted molar refractivity (Wildman–Crippen MR) is 71.0 cm³/mol. The van der Waals surface area contributed by atoms with Gasteiger partial charge in [-0.1, -0.05) is 0 Å². The van der Waals surface area contributed by atoms with Crippen LogP contribution < -0.4 is 4.74 Å². The van der Waals surface area contributed by atoms with Gasteiger partial charge < -0.3 is 9.84 Å². The van der Waals surface area contributed by atoms with Crippen molar-refractivity contribution in [2.75, 3.05) is 7.11 Å². The summed E-state index contributed by atoms with van der Waals surface area (Å²) in [6.07, 6.45) is 2.23. The average molecular weight is 302 g/mol. The molecule has 0 amide bonds. The van der Waals surface area contributed by atoms with Crippen LogP contribution in [0.4, 0.5) is 8.78 Å². The maximum atomic E-state index is 13.5. The third-order valence-electron chi connectivity index (χ3n) is 4.34. The molecule has 20 heavy (non-hydrogen) atoms. The van der Waals surface area contributed by atoms with Gasteiger partial charge in [0.05, 0.1) is 12.7 Å². The van der Waals surface area contributed by atoms with Crippen molar-refractivity contribution >= 4 is 10.8 Å². The number of benzene rings is 1. The highest BCUT2D eigenvalue weighted by Gasteiger charge is 2.49. The Kier molecular flexibility index (Phi) is 3.33. The van der Waals surface area contributed by atoms with Gasteiger partial charge in [0, 0.05) is 32.9 Å². The molecule has 2 heterocycles. The molecule has 0 radical (unpaired) electrons. The van der Waals surface area contributed by atoms with E-state index in [1.807, 2.05) is 0 Å². The standard InChI is InChI=1S/C14H16F2O3S/c1-19-13-5-12(16)11(15)4-10(13)14(17)6-8-2-3-9(7-14)20(8)18/h4-5,8-9,17H,2-3,6-7H2,1H3. The van der Waals surface area contributed by atoms with E-state index in [2.05, 4.69) is 0 Å². The van der Waals surface area contributed by atoms with Gasteiger partial charge in [0.15, 0.2) is 11.6 Å². The second kappa shape index (κ2) is 4.77. The van der Waals surface area contributed by atoms with Gasteiger partial charge in [-0.3, -0.25) is 4.21 Å². The van der Waals surface area contributed by atoms with Gasteiger partial charge in [0.1, 0.15) is 5.75 Å². The number of hydrogen-bond acceptors (Lipinski definition) is 3. The van der Waals surface area contributed by atoms with Crippen molar-refractivity contribution in [2.45, 2.75) is 41.8 Å². The fraction of sp³-hybridized carbons (Fsp3) is 0.571. The van der Waals surface area contributed by atoms with Gasteiger partial charge in [-0.15, -0.1) is 0 Å². The predicted octanol–water partition coefficient (Wildman–Crippen LogP) is 2.23. The Labute approximate surface area is 118 Å². The fourth-order valence-corrected chi connectivity index (χ4v) is 5.52. The van der Waals surface area contributed by atoms with Crippen molar-refractivity contribution < 1.29 is 22.8 Å². The first kappa shape index (κ1) is 13.9. The topological polar surface area (TPSA) is 46.5 Å². The number of aliphatic hydroxyl groups is 1. The molecule has 1 aromatic carbocycles. The lowest BCUT2D eigenvalue weighted by Gasteiger charge is -2.37. The first-order chi connectivity index (χ1) is 9.44. The maximum absolute atomic E-state index is 13.5. The van der Waals surface area contributed by atoms with Crippen LogP contribution >= 0.6 is 0 Å². The van der Waals surface area contributed by atoms with Gasteiger partial charge in [-0.25, -0.2) is 8.78 Å². The lowest BCUT2D eigenvalue weighted by Crippen LogP contribution is -2.40. The summed E-state index contributed by atoms with van der Waals surface area (Å²) in [6, 6.07) is 1.96. The summed E-state index contributed by atoms with van der Waals surface area (Å²) in [6.45, 7) is 0. The molecule has 2 aliphatic heterocycles. The van der Waals surface area contributed by atoms with Crippen LogP contribution in [0, 0.1) is 11.6 Å². The van der Waals surface area contributed by atoms with Crippen LogP contribution in [0.2, 0.25) is 0 Å². The van der Waals surface area contributed by atoms with E-state index in [1.54, 1.807) is 0 Å². The third-order valence-corrected chi connectivity index (χ3v) is 6.46. The van der Waals surface area contributed by atoms with Gasteiger partial charge in [0.2, 0.25) is 0 Å². The Hall–Kier alpha value is -1.01. The Bertz CT molecular complexity index is 560. The summed E-state index contributed by atoms with van der Waals surface area (Å²) in [7, 11) is 0.430. The molecule has 2 saturated heterocycles. The molecule has 6 heteroatoms. The Morgan fingerprint density at radius 1 is 1.25 bits per heavy atom. The van der Waals surface area contributed by atoms with Crippen molar-refractivity contribution in [3.05, 3.63) is 29.3 Å². The lowest BCUT2D eigenvalue weighted by atomic mass is 9.85. The van der Waals surface area contributed by atoms with E-state index in [9.17, 15) is 18.1 Å². The second-order valence-electron chi connectivity index (χ2n) is 5.56. The highest BCUT2D eigenvalue weighted by atomic mass is 32.2. The quantitative estimate of drug-likeness (QED) is 0.911. The first-order valence-electron chi connectivity index (χ1n) is 6.60. The monoisotopic (exact) mass is 302 g/mol. The number of halogens is 2. The molecular formula is C14H16F2O3S. The van der Waals surface area contributed by atoms with Crippen LogP contribution in [-0.2, 0) is 16.4 Å². The molecule has 2 bridgehead atoms. The van der Waals surface area contributed by atoms with Crippen molar-refractivity contribution in [2.24, 2.45) is 0 Å². The highest BCUT2D eigenvalue weighted by Crippen LogP contribution is 2.48. The summed E-state index contributed by atoms with van der Waals surface area (Å²) < 4.78 is 43.9. The Balaban J connectivity index is 2.04. The molecule has 0 saturated carbocycles. The lowest BCUT2D eigenvalue weighted by molar-refractivity contribution is 0.0158. The number of rotatable bonds is 2. The number of hydrogen-bond donors (Lipinski definition) is 1. The SMILES string of the molecule is COc1cc(F)c(F)cc1C1(O)CC2CCC(C1)S2=O. The van der Waals surface area contributed by atoms with Crippen LogP contribution in [0.15, 0.2) is 12.1 Å².